The lowest BCUT2D eigenvalue weighted by atomic mass is 9.78. The van der Waals surface area contributed by atoms with Gasteiger partial charge in [0.25, 0.3) is 0 Å². The summed E-state index contributed by atoms with van der Waals surface area (Å²) in [6.07, 6.45) is 3.44. The number of aliphatic hydroxyl groups is 1. The van der Waals surface area contributed by atoms with Gasteiger partial charge in [-0.15, -0.1) is 0 Å². The molecule has 1 saturated heterocycles. The molecule has 1 aliphatic heterocycles. The molecular formula is C13H21BN2O3. The Morgan fingerprint density at radius 1 is 1.37 bits per heavy atom. The maximum atomic E-state index is 9.55. The summed E-state index contributed by atoms with van der Waals surface area (Å²) in [6.45, 7) is 9.76. The highest BCUT2D eigenvalue weighted by molar-refractivity contribution is 6.55. The number of imidazole rings is 1. The quantitative estimate of drug-likeness (QED) is 0.816. The van der Waals surface area contributed by atoms with E-state index in [-0.39, 0.29) is 6.61 Å². The SMILES string of the molecule is Cc1[nH]cnc1C=C(CO)B1OC(C)(C)C(C)(C)O1. The number of hydrogen-bond donors (Lipinski definition) is 2. The van der Waals surface area contributed by atoms with Gasteiger partial charge in [0, 0.05) is 5.69 Å². The second-order valence-corrected chi connectivity index (χ2v) is 5.88. The summed E-state index contributed by atoms with van der Waals surface area (Å²) in [5.41, 5.74) is 1.59. The van der Waals surface area contributed by atoms with Gasteiger partial charge >= 0.3 is 7.12 Å². The lowest BCUT2D eigenvalue weighted by Crippen LogP contribution is -2.41. The van der Waals surface area contributed by atoms with E-state index in [1.54, 1.807) is 6.33 Å². The molecule has 0 radical (unpaired) electrons. The lowest BCUT2D eigenvalue weighted by Gasteiger charge is -2.32. The Morgan fingerprint density at radius 3 is 2.37 bits per heavy atom. The van der Waals surface area contributed by atoms with Gasteiger partial charge in [-0.25, -0.2) is 4.98 Å². The maximum Gasteiger partial charge on any atom is 0.492 e. The summed E-state index contributed by atoms with van der Waals surface area (Å²) in [5, 5.41) is 9.55. The monoisotopic (exact) mass is 264 g/mol. The Kier molecular flexibility index (Phi) is 3.60. The van der Waals surface area contributed by atoms with E-state index in [1.165, 1.54) is 0 Å². The van der Waals surface area contributed by atoms with E-state index < -0.39 is 18.3 Å². The Morgan fingerprint density at radius 2 is 1.95 bits per heavy atom. The Bertz CT molecular complexity index is 478. The third-order valence-corrected chi connectivity index (χ3v) is 3.93. The number of aromatic amines is 1. The van der Waals surface area contributed by atoms with Gasteiger partial charge in [-0.2, -0.15) is 0 Å². The van der Waals surface area contributed by atoms with Crippen molar-refractivity contribution in [3.63, 3.8) is 0 Å². The molecule has 0 amide bonds. The summed E-state index contributed by atoms with van der Waals surface area (Å²) < 4.78 is 11.8. The summed E-state index contributed by atoms with van der Waals surface area (Å²) in [7, 11) is -0.536. The van der Waals surface area contributed by atoms with Crippen LogP contribution in [0.5, 0.6) is 0 Å². The molecular weight excluding hydrogens is 243 g/mol. The van der Waals surface area contributed by atoms with Crippen molar-refractivity contribution in [3.8, 4) is 0 Å². The minimum Gasteiger partial charge on any atom is -0.400 e. The smallest absolute Gasteiger partial charge is 0.400 e. The first kappa shape index (κ1) is 14.3. The van der Waals surface area contributed by atoms with Crippen LogP contribution >= 0.6 is 0 Å². The van der Waals surface area contributed by atoms with Crippen molar-refractivity contribution in [2.75, 3.05) is 6.61 Å². The topological polar surface area (TPSA) is 67.4 Å². The molecule has 0 aliphatic carbocycles. The van der Waals surface area contributed by atoms with E-state index in [1.807, 2.05) is 40.7 Å². The summed E-state index contributed by atoms with van der Waals surface area (Å²) in [6, 6.07) is 0. The van der Waals surface area contributed by atoms with E-state index in [0.29, 0.717) is 5.47 Å². The van der Waals surface area contributed by atoms with Crippen LogP contribution in [-0.2, 0) is 9.31 Å². The van der Waals surface area contributed by atoms with Crippen molar-refractivity contribution >= 4 is 13.2 Å². The molecule has 2 heterocycles. The van der Waals surface area contributed by atoms with Crippen molar-refractivity contribution in [1.82, 2.24) is 9.97 Å². The molecule has 0 spiro atoms. The van der Waals surface area contributed by atoms with Crippen LogP contribution in [0.2, 0.25) is 0 Å². The predicted molar refractivity (Wildman–Crippen MR) is 74.5 cm³/mol. The van der Waals surface area contributed by atoms with Crippen LogP contribution in [0.4, 0.5) is 0 Å². The molecule has 0 bridgehead atoms. The fourth-order valence-corrected chi connectivity index (χ4v) is 1.87. The highest BCUT2D eigenvalue weighted by Crippen LogP contribution is 2.38. The van der Waals surface area contributed by atoms with Gasteiger partial charge in [-0.1, -0.05) is 0 Å². The van der Waals surface area contributed by atoms with Gasteiger partial charge < -0.3 is 19.4 Å². The zero-order chi connectivity index (χ0) is 14.3. The van der Waals surface area contributed by atoms with Crippen LogP contribution < -0.4 is 0 Å². The third kappa shape index (κ3) is 2.61. The van der Waals surface area contributed by atoms with Crippen LogP contribution in [0, 0.1) is 6.92 Å². The fourth-order valence-electron chi connectivity index (χ4n) is 1.87. The van der Waals surface area contributed by atoms with Gasteiger partial charge in [0.2, 0.25) is 0 Å². The van der Waals surface area contributed by atoms with Crippen LogP contribution in [0.1, 0.15) is 39.1 Å². The third-order valence-electron chi connectivity index (χ3n) is 3.93. The van der Waals surface area contributed by atoms with Gasteiger partial charge in [0.1, 0.15) is 0 Å². The summed E-state index contributed by atoms with van der Waals surface area (Å²) in [4.78, 5) is 7.20. The lowest BCUT2D eigenvalue weighted by molar-refractivity contribution is 0.00578. The first-order valence-corrected chi connectivity index (χ1v) is 6.44. The molecule has 0 saturated carbocycles. The molecule has 0 unspecified atom stereocenters. The molecule has 19 heavy (non-hydrogen) atoms. The molecule has 1 fully saturated rings. The highest BCUT2D eigenvalue weighted by Gasteiger charge is 2.52. The van der Waals surface area contributed by atoms with Crippen LogP contribution in [0.15, 0.2) is 11.8 Å². The Labute approximate surface area is 114 Å². The first-order valence-electron chi connectivity index (χ1n) is 6.44. The van der Waals surface area contributed by atoms with Crippen molar-refractivity contribution in [1.29, 1.82) is 0 Å². The zero-order valence-electron chi connectivity index (χ0n) is 12.2. The van der Waals surface area contributed by atoms with Crippen LogP contribution in [-0.4, -0.2) is 40.0 Å². The molecule has 0 atom stereocenters. The van der Waals surface area contributed by atoms with Gasteiger partial charge in [-0.05, 0) is 46.2 Å². The minimum atomic E-state index is -0.536. The number of nitrogens with one attached hydrogen (secondary N) is 1. The normalized spacial score (nSPS) is 22.0. The van der Waals surface area contributed by atoms with E-state index in [2.05, 4.69) is 9.97 Å². The van der Waals surface area contributed by atoms with Gasteiger partial charge in [-0.3, -0.25) is 0 Å². The molecule has 5 nitrogen and oxygen atoms in total. The van der Waals surface area contributed by atoms with Crippen LogP contribution in [0.3, 0.4) is 0 Å². The van der Waals surface area contributed by atoms with Crippen molar-refractivity contribution in [2.24, 2.45) is 0 Å². The molecule has 1 aliphatic rings. The average molecular weight is 264 g/mol. The molecule has 1 aromatic rings. The first-order chi connectivity index (χ1) is 8.77. The Hall–Kier alpha value is -1.11. The van der Waals surface area contributed by atoms with E-state index >= 15 is 0 Å². The van der Waals surface area contributed by atoms with E-state index in [0.717, 1.165) is 11.4 Å². The number of aryl methyl sites for hydroxylation is 1. The number of aromatic nitrogens is 2. The van der Waals surface area contributed by atoms with Gasteiger partial charge in [0.15, 0.2) is 0 Å². The maximum absolute atomic E-state index is 9.55. The molecule has 104 valence electrons. The number of H-pyrrole nitrogens is 1. The second-order valence-electron chi connectivity index (χ2n) is 5.88. The minimum absolute atomic E-state index is 0.122. The predicted octanol–water partition coefficient (Wildman–Crippen LogP) is 1.73. The molecule has 1 aromatic heterocycles. The van der Waals surface area contributed by atoms with Crippen molar-refractivity contribution < 1.29 is 14.4 Å². The fraction of sp³-hybridized carbons (Fsp3) is 0.615. The zero-order valence-corrected chi connectivity index (χ0v) is 12.2. The second kappa shape index (κ2) is 4.78. The number of nitrogens with zero attached hydrogens (tertiary/aromatic N) is 1. The van der Waals surface area contributed by atoms with E-state index in [9.17, 15) is 5.11 Å². The van der Waals surface area contributed by atoms with E-state index in [4.69, 9.17) is 9.31 Å². The average Bonchev–Trinajstić information content (AvgIpc) is 2.78. The number of rotatable bonds is 3. The highest BCUT2D eigenvalue weighted by atomic mass is 16.7. The van der Waals surface area contributed by atoms with Gasteiger partial charge in [0.05, 0.1) is 29.8 Å². The van der Waals surface area contributed by atoms with Crippen molar-refractivity contribution in [3.05, 3.63) is 23.2 Å². The standard InChI is InChI=1S/C13H21BN2O3/c1-9-11(16-8-15-9)6-10(7-17)14-18-12(2,3)13(4,5)19-14/h6,8,17H,7H2,1-5H3,(H,15,16). The Balaban J connectivity index is 2.26. The molecule has 0 aromatic carbocycles. The van der Waals surface area contributed by atoms with Crippen molar-refractivity contribution in [2.45, 2.75) is 45.8 Å². The largest absolute Gasteiger partial charge is 0.492 e. The molecule has 6 heteroatoms. The molecule has 2 N–H and O–H groups in total. The summed E-state index contributed by atoms with van der Waals surface area (Å²) >= 11 is 0. The van der Waals surface area contributed by atoms with Crippen LogP contribution in [0.25, 0.3) is 6.08 Å². The number of hydrogen-bond acceptors (Lipinski definition) is 4. The number of aliphatic hydroxyl groups excluding tert-OH is 1. The molecule has 2 rings (SSSR count). The summed E-state index contributed by atoms with van der Waals surface area (Å²) in [5.74, 6) is 0.